The summed E-state index contributed by atoms with van der Waals surface area (Å²) in [6, 6.07) is 6.24. The number of nitrogens with one attached hydrogen (secondary N) is 2. The van der Waals surface area contributed by atoms with Crippen molar-refractivity contribution in [2.45, 2.75) is 19.8 Å². The van der Waals surface area contributed by atoms with Gasteiger partial charge in [-0.1, -0.05) is 13.3 Å². The number of amides is 1. The van der Waals surface area contributed by atoms with Gasteiger partial charge >= 0.3 is 11.9 Å². The third kappa shape index (κ3) is 5.51. The molecule has 0 radical (unpaired) electrons. The summed E-state index contributed by atoms with van der Waals surface area (Å²) in [6.45, 7) is 2.22. The number of furan rings is 1. The summed E-state index contributed by atoms with van der Waals surface area (Å²) in [7, 11) is 0. The second-order valence-electron chi connectivity index (χ2n) is 5.52. The van der Waals surface area contributed by atoms with E-state index in [0.717, 1.165) is 25.0 Å². The van der Waals surface area contributed by atoms with Gasteiger partial charge in [0.05, 0.1) is 12.7 Å². The Bertz CT molecular complexity index is 910. The van der Waals surface area contributed by atoms with Crippen LogP contribution in [0.4, 0.5) is 11.6 Å². The largest absolute Gasteiger partial charge is 0.507 e. The number of ether oxygens (including phenoxy) is 1. The van der Waals surface area contributed by atoms with Gasteiger partial charge in [-0.3, -0.25) is 20.2 Å². The van der Waals surface area contributed by atoms with E-state index in [0.29, 0.717) is 5.69 Å². The summed E-state index contributed by atoms with van der Waals surface area (Å²) < 4.78 is 9.80. The first kappa shape index (κ1) is 20.8. The number of thiocarbonyl (C=S) groups is 1. The molecule has 0 aliphatic rings. The van der Waals surface area contributed by atoms with Crippen molar-refractivity contribution in [3.63, 3.8) is 0 Å². The van der Waals surface area contributed by atoms with Crippen LogP contribution in [0.25, 0.3) is 0 Å². The van der Waals surface area contributed by atoms with Gasteiger partial charge in [-0.15, -0.1) is 0 Å². The smallest absolute Gasteiger partial charge is 0.433 e. The van der Waals surface area contributed by atoms with E-state index >= 15 is 0 Å². The van der Waals surface area contributed by atoms with Gasteiger partial charge in [0, 0.05) is 11.8 Å². The molecule has 0 saturated heterocycles. The molecule has 148 valence electrons. The number of phenolic OH excluding ortho intramolecular Hbond substituents is 1. The number of nitrogens with zero attached hydrogens (tertiary/aromatic N) is 1. The number of hydrogen-bond acceptors (Lipinski definition) is 8. The number of phenols is 1. The first-order valence-electron chi connectivity index (χ1n) is 8.18. The summed E-state index contributed by atoms with van der Waals surface area (Å²) in [5, 5.41) is 25.3. The Morgan fingerprint density at radius 2 is 2.07 bits per heavy atom. The molecule has 1 amide bonds. The lowest BCUT2D eigenvalue weighted by Gasteiger charge is -2.11. The number of anilines is 1. The minimum atomic E-state index is -0.786. The maximum absolute atomic E-state index is 12.0. The van der Waals surface area contributed by atoms with Crippen molar-refractivity contribution in [1.29, 1.82) is 0 Å². The van der Waals surface area contributed by atoms with Crippen molar-refractivity contribution in [2.75, 3.05) is 11.9 Å². The van der Waals surface area contributed by atoms with Crippen molar-refractivity contribution in [1.82, 2.24) is 5.32 Å². The fraction of sp³-hybridized carbons (Fsp3) is 0.235. The molecule has 2 rings (SSSR count). The Labute approximate surface area is 164 Å². The van der Waals surface area contributed by atoms with Crippen molar-refractivity contribution >= 4 is 40.8 Å². The lowest BCUT2D eigenvalue weighted by Crippen LogP contribution is -2.33. The molecule has 0 fully saturated rings. The van der Waals surface area contributed by atoms with Gasteiger partial charge < -0.3 is 19.6 Å². The fourth-order valence-electron chi connectivity index (χ4n) is 2.04. The molecule has 1 aromatic carbocycles. The Balaban J connectivity index is 1.96. The highest BCUT2D eigenvalue weighted by Gasteiger charge is 2.18. The van der Waals surface area contributed by atoms with Crippen LogP contribution in [0.2, 0.25) is 0 Å². The predicted octanol–water partition coefficient (Wildman–Crippen LogP) is 2.98. The van der Waals surface area contributed by atoms with E-state index in [1.807, 2.05) is 6.92 Å². The molecule has 3 N–H and O–H groups in total. The van der Waals surface area contributed by atoms with Gasteiger partial charge in [-0.2, -0.15) is 0 Å². The number of rotatable bonds is 7. The van der Waals surface area contributed by atoms with Gasteiger partial charge in [0.15, 0.2) is 10.9 Å². The number of nitro groups is 1. The number of esters is 1. The molecule has 10 nitrogen and oxygen atoms in total. The highest BCUT2D eigenvalue weighted by atomic mass is 32.1. The number of benzene rings is 1. The van der Waals surface area contributed by atoms with Crippen LogP contribution in [0, 0.1) is 10.1 Å². The SMILES string of the molecule is CCCCOC(=O)c1ccc(NC(=S)NC(=O)c2ccc([N+](=O)[O-])o2)cc1O. The molecule has 0 aliphatic carbocycles. The quantitative estimate of drug-likeness (QED) is 0.207. The van der Waals surface area contributed by atoms with Crippen molar-refractivity contribution in [3.05, 3.63) is 51.8 Å². The second-order valence-corrected chi connectivity index (χ2v) is 5.93. The Morgan fingerprint density at radius 3 is 2.68 bits per heavy atom. The maximum atomic E-state index is 12.0. The van der Waals surface area contributed by atoms with Crippen LogP contribution in [0.1, 0.15) is 40.7 Å². The Kier molecular flexibility index (Phi) is 7.04. The van der Waals surface area contributed by atoms with E-state index in [1.54, 1.807) is 0 Å². The van der Waals surface area contributed by atoms with Crippen LogP contribution in [0.3, 0.4) is 0 Å². The summed E-state index contributed by atoms with van der Waals surface area (Å²) in [6.07, 6.45) is 1.59. The van der Waals surface area contributed by atoms with Crippen LogP contribution in [0.15, 0.2) is 34.7 Å². The van der Waals surface area contributed by atoms with E-state index in [1.165, 1.54) is 18.2 Å². The fourth-order valence-corrected chi connectivity index (χ4v) is 2.25. The number of carbonyl (C=O) groups excluding carboxylic acids is 2. The molecule has 28 heavy (non-hydrogen) atoms. The first-order chi connectivity index (χ1) is 13.3. The van der Waals surface area contributed by atoms with Gasteiger partial charge in [0.2, 0.25) is 0 Å². The van der Waals surface area contributed by atoms with E-state index in [-0.39, 0.29) is 28.8 Å². The zero-order chi connectivity index (χ0) is 20.7. The average Bonchev–Trinajstić information content (AvgIpc) is 3.12. The molecule has 0 atom stereocenters. The summed E-state index contributed by atoms with van der Waals surface area (Å²) in [5.41, 5.74) is 0.304. The predicted molar refractivity (Wildman–Crippen MR) is 102 cm³/mol. The molecule has 11 heteroatoms. The maximum Gasteiger partial charge on any atom is 0.433 e. The molecule has 0 saturated carbocycles. The molecular weight excluding hydrogens is 390 g/mol. The minimum absolute atomic E-state index is 0.000461. The van der Waals surface area contributed by atoms with Crippen LogP contribution in [-0.2, 0) is 4.74 Å². The normalized spacial score (nSPS) is 10.2. The second kappa shape index (κ2) is 9.46. The number of aromatic hydroxyl groups is 1. The van der Waals surface area contributed by atoms with E-state index in [4.69, 9.17) is 21.4 Å². The molecule has 0 aliphatic heterocycles. The lowest BCUT2D eigenvalue weighted by molar-refractivity contribution is -0.402. The molecule has 0 spiro atoms. The van der Waals surface area contributed by atoms with Gasteiger partial charge in [0.25, 0.3) is 5.91 Å². The third-order valence-corrected chi connectivity index (χ3v) is 3.63. The molecular formula is C17H17N3O7S. The van der Waals surface area contributed by atoms with E-state index in [9.17, 15) is 24.8 Å². The number of carbonyl (C=O) groups is 2. The monoisotopic (exact) mass is 407 g/mol. The number of hydrogen-bond donors (Lipinski definition) is 3. The topological polar surface area (TPSA) is 144 Å². The Morgan fingerprint density at radius 1 is 1.32 bits per heavy atom. The van der Waals surface area contributed by atoms with Gasteiger partial charge in [-0.05, 0) is 36.8 Å². The van der Waals surface area contributed by atoms with Crippen molar-refractivity contribution in [2.24, 2.45) is 0 Å². The van der Waals surface area contributed by atoms with Crippen molar-refractivity contribution in [3.8, 4) is 5.75 Å². The highest BCUT2D eigenvalue weighted by Crippen LogP contribution is 2.23. The van der Waals surface area contributed by atoms with Crippen molar-refractivity contribution < 1.29 is 28.8 Å². The van der Waals surface area contributed by atoms with E-state index in [2.05, 4.69) is 10.6 Å². The van der Waals surface area contributed by atoms with Gasteiger partial charge in [-0.25, -0.2) is 4.79 Å². The standard InChI is InChI=1S/C17H17N3O7S/c1-2-3-8-26-16(23)11-5-4-10(9-12(11)21)18-17(28)19-15(22)13-6-7-14(27-13)20(24)25/h4-7,9,21H,2-3,8H2,1H3,(H2,18,19,22,28). The van der Waals surface area contributed by atoms with Crippen LogP contribution in [0.5, 0.6) is 5.75 Å². The third-order valence-electron chi connectivity index (χ3n) is 3.43. The summed E-state index contributed by atoms with van der Waals surface area (Å²) in [5.74, 6) is -2.61. The zero-order valence-corrected chi connectivity index (χ0v) is 15.6. The van der Waals surface area contributed by atoms with Crippen LogP contribution in [-0.4, -0.2) is 33.6 Å². The molecule has 1 heterocycles. The molecule has 2 aromatic rings. The molecule has 0 bridgehead atoms. The molecule has 1 aromatic heterocycles. The lowest BCUT2D eigenvalue weighted by atomic mass is 10.2. The minimum Gasteiger partial charge on any atom is -0.507 e. The first-order valence-corrected chi connectivity index (χ1v) is 8.59. The Hall–Kier alpha value is -3.47. The number of unbranched alkanes of at least 4 members (excludes halogenated alkanes) is 1. The van der Waals surface area contributed by atoms with Crippen LogP contribution < -0.4 is 10.6 Å². The zero-order valence-electron chi connectivity index (χ0n) is 14.8. The summed E-state index contributed by atoms with van der Waals surface area (Å²) in [4.78, 5) is 33.6. The average molecular weight is 407 g/mol. The van der Waals surface area contributed by atoms with E-state index < -0.39 is 22.7 Å². The van der Waals surface area contributed by atoms with Crippen LogP contribution >= 0.6 is 12.2 Å². The highest BCUT2D eigenvalue weighted by molar-refractivity contribution is 7.80. The summed E-state index contributed by atoms with van der Waals surface area (Å²) >= 11 is 4.98. The molecule has 0 unspecified atom stereocenters. The van der Waals surface area contributed by atoms with Gasteiger partial charge in [0.1, 0.15) is 16.2 Å².